The number of hydrogen-bond acceptors (Lipinski definition) is 1. The van der Waals surface area contributed by atoms with Crippen LogP contribution in [-0.4, -0.2) is 0 Å². The van der Waals surface area contributed by atoms with Gasteiger partial charge < -0.3 is 5.32 Å². The van der Waals surface area contributed by atoms with Crippen molar-refractivity contribution in [3.05, 3.63) is 61.5 Å². The van der Waals surface area contributed by atoms with E-state index in [0.717, 1.165) is 15.7 Å². The SMILES string of the molecule is Cc1cc(C)c(NC(C)c2ccc(Cl)c(Cl)c2)c(Br)c1. The van der Waals surface area contributed by atoms with Gasteiger partial charge >= 0.3 is 0 Å². The number of hydrogen-bond donors (Lipinski definition) is 1. The van der Waals surface area contributed by atoms with Gasteiger partial charge in [-0.3, -0.25) is 0 Å². The Bertz CT molecular complexity index is 617. The lowest BCUT2D eigenvalue weighted by atomic mass is 10.1. The molecule has 2 rings (SSSR count). The Hall–Kier alpha value is -0.700. The molecule has 4 heteroatoms. The maximum atomic E-state index is 6.08. The number of rotatable bonds is 3. The van der Waals surface area contributed by atoms with Gasteiger partial charge in [-0.1, -0.05) is 35.3 Å². The third-order valence-electron chi connectivity index (χ3n) is 3.24. The molecule has 0 aliphatic rings. The van der Waals surface area contributed by atoms with Crippen LogP contribution in [0.2, 0.25) is 10.0 Å². The van der Waals surface area contributed by atoms with Gasteiger partial charge in [-0.2, -0.15) is 0 Å². The highest BCUT2D eigenvalue weighted by atomic mass is 79.9. The van der Waals surface area contributed by atoms with Crippen molar-refractivity contribution in [3.8, 4) is 0 Å². The van der Waals surface area contributed by atoms with Gasteiger partial charge in [-0.05, 0) is 71.6 Å². The van der Waals surface area contributed by atoms with Crippen molar-refractivity contribution in [2.24, 2.45) is 0 Å². The highest BCUT2D eigenvalue weighted by Gasteiger charge is 2.11. The molecule has 1 atom stereocenters. The summed E-state index contributed by atoms with van der Waals surface area (Å²) in [5.41, 5.74) is 4.66. The zero-order valence-electron chi connectivity index (χ0n) is 11.6. The Labute approximate surface area is 138 Å². The van der Waals surface area contributed by atoms with Gasteiger partial charge in [0, 0.05) is 10.5 Å². The van der Waals surface area contributed by atoms with Gasteiger partial charge in [0.05, 0.1) is 15.7 Å². The monoisotopic (exact) mass is 371 g/mol. The highest BCUT2D eigenvalue weighted by molar-refractivity contribution is 9.10. The molecule has 0 fully saturated rings. The Morgan fingerprint density at radius 1 is 1.05 bits per heavy atom. The summed E-state index contributed by atoms with van der Waals surface area (Å²) in [6.45, 7) is 6.29. The van der Waals surface area contributed by atoms with Crippen molar-refractivity contribution < 1.29 is 0 Å². The number of benzene rings is 2. The maximum absolute atomic E-state index is 6.08. The molecule has 0 radical (unpaired) electrons. The normalized spacial score (nSPS) is 12.3. The molecule has 0 aromatic heterocycles. The van der Waals surface area contributed by atoms with Crippen LogP contribution in [0.4, 0.5) is 5.69 Å². The summed E-state index contributed by atoms with van der Waals surface area (Å²) in [4.78, 5) is 0. The van der Waals surface area contributed by atoms with Crippen molar-refractivity contribution in [2.75, 3.05) is 5.32 Å². The van der Waals surface area contributed by atoms with Crippen molar-refractivity contribution in [3.63, 3.8) is 0 Å². The van der Waals surface area contributed by atoms with Gasteiger partial charge in [-0.15, -0.1) is 0 Å². The summed E-state index contributed by atoms with van der Waals surface area (Å²) >= 11 is 15.6. The predicted octanol–water partition coefficient (Wildman–Crippen LogP) is 6.55. The molecule has 0 heterocycles. The molecule has 0 spiro atoms. The largest absolute Gasteiger partial charge is 0.377 e. The fourth-order valence-electron chi connectivity index (χ4n) is 2.18. The smallest absolute Gasteiger partial charge is 0.0595 e. The number of aryl methyl sites for hydroxylation is 2. The van der Waals surface area contributed by atoms with E-state index in [-0.39, 0.29) is 6.04 Å². The van der Waals surface area contributed by atoms with Crippen molar-refractivity contribution in [2.45, 2.75) is 26.8 Å². The molecule has 0 amide bonds. The van der Waals surface area contributed by atoms with Crippen LogP contribution >= 0.6 is 39.1 Å². The zero-order valence-corrected chi connectivity index (χ0v) is 14.7. The van der Waals surface area contributed by atoms with Crippen molar-refractivity contribution in [1.29, 1.82) is 0 Å². The molecule has 0 saturated carbocycles. The van der Waals surface area contributed by atoms with Crippen LogP contribution < -0.4 is 5.32 Å². The molecule has 20 heavy (non-hydrogen) atoms. The Kier molecular flexibility index (Phi) is 5.00. The van der Waals surface area contributed by atoms with Gasteiger partial charge in [0.1, 0.15) is 0 Å². The molecule has 1 unspecified atom stereocenters. The summed E-state index contributed by atoms with van der Waals surface area (Å²) in [6, 6.07) is 10.1. The summed E-state index contributed by atoms with van der Waals surface area (Å²) in [7, 11) is 0. The first-order valence-corrected chi connectivity index (χ1v) is 7.91. The second-order valence-corrected chi connectivity index (χ2v) is 6.65. The number of anilines is 1. The maximum Gasteiger partial charge on any atom is 0.0595 e. The van der Waals surface area contributed by atoms with Crippen molar-refractivity contribution >= 4 is 44.8 Å². The van der Waals surface area contributed by atoms with Gasteiger partial charge in [-0.25, -0.2) is 0 Å². The van der Waals surface area contributed by atoms with Crippen LogP contribution in [0.5, 0.6) is 0 Å². The van der Waals surface area contributed by atoms with Gasteiger partial charge in [0.2, 0.25) is 0 Å². The van der Waals surface area contributed by atoms with Crippen LogP contribution in [0.1, 0.15) is 29.7 Å². The standard InChI is InChI=1S/C16H16BrCl2N/c1-9-6-10(2)16(13(17)7-9)20-11(3)12-4-5-14(18)15(19)8-12/h4-8,11,20H,1-3H3. The van der Waals surface area contributed by atoms with Crippen LogP contribution in [0.3, 0.4) is 0 Å². The van der Waals surface area contributed by atoms with E-state index < -0.39 is 0 Å². The zero-order chi connectivity index (χ0) is 14.9. The quantitative estimate of drug-likeness (QED) is 0.644. The first-order valence-electron chi connectivity index (χ1n) is 6.36. The van der Waals surface area contributed by atoms with Gasteiger partial charge in [0.25, 0.3) is 0 Å². The molecule has 0 aliphatic heterocycles. The van der Waals surface area contributed by atoms with Crippen LogP contribution in [0, 0.1) is 13.8 Å². The van der Waals surface area contributed by atoms with Crippen LogP contribution in [0.25, 0.3) is 0 Å². The van der Waals surface area contributed by atoms with Crippen LogP contribution in [0.15, 0.2) is 34.8 Å². The van der Waals surface area contributed by atoms with Crippen LogP contribution in [-0.2, 0) is 0 Å². The molecule has 0 saturated heterocycles. The molecule has 1 nitrogen and oxygen atoms in total. The average Bonchev–Trinajstić information content (AvgIpc) is 2.36. The van der Waals surface area contributed by atoms with E-state index in [2.05, 4.69) is 54.2 Å². The average molecular weight is 373 g/mol. The molecule has 2 aromatic carbocycles. The second-order valence-electron chi connectivity index (χ2n) is 4.98. The minimum absolute atomic E-state index is 0.141. The first kappa shape index (κ1) is 15.7. The third kappa shape index (κ3) is 3.49. The van der Waals surface area contributed by atoms with Crippen molar-refractivity contribution in [1.82, 2.24) is 0 Å². The fourth-order valence-corrected chi connectivity index (χ4v) is 3.27. The van der Waals surface area contributed by atoms with E-state index in [1.165, 1.54) is 11.1 Å². The molecule has 0 bridgehead atoms. The van der Waals surface area contributed by atoms with E-state index in [1.54, 1.807) is 0 Å². The lowest BCUT2D eigenvalue weighted by Crippen LogP contribution is -2.08. The lowest BCUT2D eigenvalue weighted by molar-refractivity contribution is 0.881. The predicted molar refractivity (Wildman–Crippen MR) is 92.1 cm³/mol. The minimum atomic E-state index is 0.141. The summed E-state index contributed by atoms with van der Waals surface area (Å²) in [5.74, 6) is 0. The highest BCUT2D eigenvalue weighted by Crippen LogP contribution is 2.32. The molecule has 0 aliphatic carbocycles. The topological polar surface area (TPSA) is 12.0 Å². The Balaban J connectivity index is 2.27. The molecule has 2 aromatic rings. The summed E-state index contributed by atoms with van der Waals surface area (Å²) < 4.78 is 1.07. The lowest BCUT2D eigenvalue weighted by Gasteiger charge is -2.19. The van der Waals surface area contributed by atoms with E-state index in [9.17, 15) is 0 Å². The minimum Gasteiger partial charge on any atom is -0.377 e. The van der Waals surface area contributed by atoms with E-state index in [4.69, 9.17) is 23.2 Å². The van der Waals surface area contributed by atoms with E-state index in [0.29, 0.717) is 10.0 Å². The first-order chi connectivity index (χ1) is 9.38. The molecular weight excluding hydrogens is 357 g/mol. The molecule has 106 valence electrons. The summed E-state index contributed by atoms with van der Waals surface area (Å²) in [5, 5.41) is 4.68. The van der Waals surface area contributed by atoms with E-state index >= 15 is 0 Å². The fraction of sp³-hybridized carbons (Fsp3) is 0.250. The third-order valence-corrected chi connectivity index (χ3v) is 4.60. The second kappa shape index (κ2) is 6.38. The summed E-state index contributed by atoms with van der Waals surface area (Å²) in [6.07, 6.45) is 0. The van der Waals surface area contributed by atoms with Gasteiger partial charge in [0.15, 0.2) is 0 Å². The molecular formula is C16H16BrCl2N. The van der Waals surface area contributed by atoms with E-state index in [1.807, 2.05) is 18.2 Å². The Morgan fingerprint density at radius 3 is 2.35 bits per heavy atom. The number of nitrogens with one attached hydrogen (secondary N) is 1. The molecule has 1 N–H and O–H groups in total. The Morgan fingerprint density at radius 2 is 1.75 bits per heavy atom. The number of halogens is 3.